The summed E-state index contributed by atoms with van der Waals surface area (Å²) in [5.41, 5.74) is 0. The number of rotatable bonds is 9. The van der Waals surface area contributed by atoms with E-state index in [0.717, 1.165) is 25.7 Å². The van der Waals surface area contributed by atoms with Crippen molar-refractivity contribution in [3.63, 3.8) is 0 Å². The van der Waals surface area contributed by atoms with Gasteiger partial charge in [0.25, 0.3) is 0 Å². The maximum absolute atomic E-state index is 9.56. The average Bonchev–Trinajstić information content (AvgIpc) is 2.17. The van der Waals surface area contributed by atoms with Gasteiger partial charge in [0.15, 0.2) is 0 Å². The molecule has 2 N–H and O–H groups in total. The van der Waals surface area contributed by atoms with Gasteiger partial charge in [0.2, 0.25) is 0 Å². The van der Waals surface area contributed by atoms with E-state index in [1.807, 2.05) is 6.92 Å². The zero-order chi connectivity index (χ0) is 10.8. The van der Waals surface area contributed by atoms with Gasteiger partial charge >= 0.3 is 0 Å². The maximum Gasteiger partial charge on any atom is 0.0799 e. The van der Waals surface area contributed by atoms with Gasteiger partial charge in [0.1, 0.15) is 0 Å². The minimum absolute atomic E-state index is 0.503. The van der Waals surface area contributed by atoms with Crippen LogP contribution in [0.25, 0.3) is 0 Å². The van der Waals surface area contributed by atoms with Crippen LogP contribution in [-0.4, -0.2) is 22.4 Å². The highest BCUT2D eigenvalue weighted by Gasteiger charge is 2.13. The molecule has 86 valence electrons. The predicted octanol–water partition coefficient (Wildman–Crippen LogP) is 2.87. The molecule has 2 nitrogen and oxygen atoms in total. The molecule has 0 aliphatic heterocycles. The highest BCUT2D eigenvalue weighted by molar-refractivity contribution is 4.66. The summed E-state index contributed by atoms with van der Waals surface area (Å²) in [7, 11) is 0. The van der Waals surface area contributed by atoms with E-state index in [1.54, 1.807) is 0 Å². The molecule has 0 aromatic rings. The van der Waals surface area contributed by atoms with Crippen LogP contribution >= 0.6 is 0 Å². The molecule has 0 fully saturated rings. The predicted molar refractivity (Wildman–Crippen MR) is 60.3 cm³/mol. The van der Waals surface area contributed by atoms with Crippen molar-refractivity contribution in [2.75, 3.05) is 0 Å². The van der Waals surface area contributed by atoms with E-state index in [0.29, 0.717) is 0 Å². The molecule has 0 aromatic carbocycles. The molecule has 0 spiro atoms. The molecule has 0 aromatic heterocycles. The first-order valence-corrected chi connectivity index (χ1v) is 6.08. The molecule has 0 amide bonds. The normalized spacial score (nSPS) is 15.4. The molecule has 0 bridgehead atoms. The summed E-state index contributed by atoms with van der Waals surface area (Å²) in [5, 5.41) is 19.0. The third-order valence-electron chi connectivity index (χ3n) is 2.63. The van der Waals surface area contributed by atoms with Crippen molar-refractivity contribution in [2.24, 2.45) is 0 Å². The second-order valence-corrected chi connectivity index (χ2v) is 4.13. The Labute approximate surface area is 88.3 Å². The van der Waals surface area contributed by atoms with Crippen LogP contribution in [0.3, 0.4) is 0 Å². The van der Waals surface area contributed by atoms with Crippen LogP contribution in [0.2, 0.25) is 0 Å². The lowest BCUT2D eigenvalue weighted by Gasteiger charge is -2.16. The topological polar surface area (TPSA) is 40.5 Å². The molecule has 0 saturated carbocycles. The molecule has 2 unspecified atom stereocenters. The first kappa shape index (κ1) is 13.9. The number of unbranched alkanes of at least 4 members (excludes halogenated alkanes) is 4. The highest BCUT2D eigenvalue weighted by Crippen LogP contribution is 2.11. The lowest BCUT2D eigenvalue weighted by molar-refractivity contribution is 0.00817. The number of hydrogen-bond donors (Lipinski definition) is 2. The minimum Gasteiger partial charge on any atom is -0.390 e. The zero-order valence-electron chi connectivity index (χ0n) is 9.71. The van der Waals surface area contributed by atoms with Crippen LogP contribution in [-0.2, 0) is 0 Å². The minimum atomic E-state index is -0.508. The molecule has 0 rings (SSSR count). The Bertz CT molecular complexity index is 115. The smallest absolute Gasteiger partial charge is 0.0799 e. The summed E-state index contributed by atoms with van der Waals surface area (Å²) < 4.78 is 0. The number of aliphatic hydroxyl groups is 2. The Kier molecular flexibility index (Phi) is 9.42. The molecule has 0 saturated heterocycles. The van der Waals surface area contributed by atoms with Crippen molar-refractivity contribution >= 4 is 0 Å². The molecular formula is C12H26O2. The SMILES string of the molecule is CCCCCCCC(O)C(O)CCC. The van der Waals surface area contributed by atoms with Crippen LogP contribution in [0.1, 0.15) is 65.2 Å². The third kappa shape index (κ3) is 7.34. The fraction of sp³-hybridized carbons (Fsp3) is 1.00. The van der Waals surface area contributed by atoms with E-state index >= 15 is 0 Å². The summed E-state index contributed by atoms with van der Waals surface area (Å²) in [4.78, 5) is 0. The van der Waals surface area contributed by atoms with E-state index in [-0.39, 0.29) is 0 Å². The van der Waals surface area contributed by atoms with E-state index in [9.17, 15) is 10.2 Å². The summed E-state index contributed by atoms with van der Waals surface area (Å²) >= 11 is 0. The monoisotopic (exact) mass is 202 g/mol. The van der Waals surface area contributed by atoms with Crippen LogP contribution in [0.15, 0.2) is 0 Å². The average molecular weight is 202 g/mol. The van der Waals surface area contributed by atoms with Gasteiger partial charge in [-0.05, 0) is 12.8 Å². The van der Waals surface area contributed by atoms with Crippen molar-refractivity contribution < 1.29 is 10.2 Å². The fourth-order valence-corrected chi connectivity index (χ4v) is 1.64. The molecule has 2 heteroatoms. The highest BCUT2D eigenvalue weighted by atomic mass is 16.3. The number of aliphatic hydroxyl groups excluding tert-OH is 2. The van der Waals surface area contributed by atoms with E-state index in [4.69, 9.17) is 0 Å². The molecule has 2 atom stereocenters. The maximum atomic E-state index is 9.56. The summed E-state index contributed by atoms with van der Waals surface area (Å²) in [6.45, 7) is 4.22. The quantitative estimate of drug-likeness (QED) is 0.564. The van der Waals surface area contributed by atoms with Gasteiger partial charge in [-0.2, -0.15) is 0 Å². The summed E-state index contributed by atoms with van der Waals surface area (Å²) in [5.74, 6) is 0. The molecule has 0 heterocycles. The summed E-state index contributed by atoms with van der Waals surface area (Å²) in [6, 6.07) is 0. The van der Waals surface area contributed by atoms with Crippen molar-refractivity contribution in [1.29, 1.82) is 0 Å². The lowest BCUT2D eigenvalue weighted by Crippen LogP contribution is -2.25. The van der Waals surface area contributed by atoms with Crippen LogP contribution in [0.5, 0.6) is 0 Å². The van der Waals surface area contributed by atoms with Gasteiger partial charge in [-0.25, -0.2) is 0 Å². The molecular weight excluding hydrogens is 176 g/mol. The van der Waals surface area contributed by atoms with Gasteiger partial charge in [-0.3, -0.25) is 0 Å². The van der Waals surface area contributed by atoms with Crippen molar-refractivity contribution in [3.8, 4) is 0 Å². The molecule has 0 radical (unpaired) electrons. The second-order valence-electron chi connectivity index (χ2n) is 4.13. The first-order chi connectivity index (χ1) is 6.72. The number of hydrogen-bond acceptors (Lipinski definition) is 2. The largest absolute Gasteiger partial charge is 0.390 e. The standard InChI is InChI=1S/C12H26O2/c1-3-5-6-7-8-10-12(14)11(13)9-4-2/h11-14H,3-10H2,1-2H3. The Morgan fingerprint density at radius 1 is 0.714 bits per heavy atom. The van der Waals surface area contributed by atoms with E-state index in [1.165, 1.54) is 25.7 Å². The summed E-state index contributed by atoms with van der Waals surface area (Å²) in [6.07, 6.45) is 7.42. The Balaban J connectivity index is 3.29. The molecule has 0 aliphatic carbocycles. The van der Waals surface area contributed by atoms with Crippen molar-refractivity contribution in [2.45, 2.75) is 77.4 Å². The van der Waals surface area contributed by atoms with Crippen LogP contribution in [0, 0.1) is 0 Å². The van der Waals surface area contributed by atoms with Gasteiger partial charge in [0.05, 0.1) is 12.2 Å². The van der Waals surface area contributed by atoms with Crippen LogP contribution < -0.4 is 0 Å². The first-order valence-electron chi connectivity index (χ1n) is 6.08. The second kappa shape index (κ2) is 9.47. The third-order valence-corrected chi connectivity index (χ3v) is 2.63. The van der Waals surface area contributed by atoms with Gasteiger partial charge < -0.3 is 10.2 Å². The van der Waals surface area contributed by atoms with Crippen LogP contribution in [0.4, 0.5) is 0 Å². The van der Waals surface area contributed by atoms with Gasteiger partial charge in [-0.1, -0.05) is 52.4 Å². The van der Waals surface area contributed by atoms with Gasteiger partial charge in [0, 0.05) is 0 Å². The van der Waals surface area contributed by atoms with Crippen molar-refractivity contribution in [1.82, 2.24) is 0 Å². The Morgan fingerprint density at radius 2 is 1.29 bits per heavy atom. The van der Waals surface area contributed by atoms with E-state index < -0.39 is 12.2 Å². The van der Waals surface area contributed by atoms with Crippen molar-refractivity contribution in [3.05, 3.63) is 0 Å². The molecule has 14 heavy (non-hydrogen) atoms. The lowest BCUT2D eigenvalue weighted by atomic mass is 10.0. The van der Waals surface area contributed by atoms with E-state index in [2.05, 4.69) is 6.92 Å². The molecule has 0 aliphatic rings. The zero-order valence-corrected chi connectivity index (χ0v) is 9.71. The fourth-order valence-electron chi connectivity index (χ4n) is 1.64. The van der Waals surface area contributed by atoms with Gasteiger partial charge in [-0.15, -0.1) is 0 Å². The Hall–Kier alpha value is -0.0800. The Morgan fingerprint density at radius 3 is 1.86 bits per heavy atom.